The number of carbonyl (C=O) groups excluding carboxylic acids is 7. The Balaban J connectivity index is 3.49. The number of hydrogen-bond acceptors (Lipinski definition) is 14. The molecule has 1 aliphatic heterocycles. The van der Waals surface area contributed by atoms with Gasteiger partial charge in [0.25, 0.3) is 0 Å². The summed E-state index contributed by atoms with van der Waals surface area (Å²) in [6.07, 6.45) is 5.44. The normalized spacial score (nSPS) is 16.6. The van der Waals surface area contributed by atoms with Crippen molar-refractivity contribution in [1.29, 1.82) is 0 Å². The highest BCUT2D eigenvalue weighted by Crippen LogP contribution is 2.19. The average molecular weight is 954 g/mol. The van der Waals surface area contributed by atoms with Gasteiger partial charge in [-0.25, -0.2) is 4.79 Å². The van der Waals surface area contributed by atoms with Crippen LogP contribution in [0.4, 0.5) is 0 Å². The molecule has 0 saturated carbocycles. The van der Waals surface area contributed by atoms with Crippen molar-refractivity contribution in [1.82, 2.24) is 36.8 Å². The summed E-state index contributed by atoms with van der Waals surface area (Å²) in [5.41, 5.74) is 39.8. The SMILES string of the molecule is CC(C)[C@H](NC(=O)[C@H](CCCCN)NC(=O)[C@H](CCCN=C(N)N)NC(=O)[C@H](CCCCN)NC(=O)[C@H](CCCCN)NC(=O)[C@H](CCCCN)NC(=O)[C@@H]1CCCN1C(=O)[C@H](C)N)C(=O)O. The largest absolute Gasteiger partial charge is 0.480 e. The Morgan fingerprint density at radius 2 is 0.925 bits per heavy atom. The molecule has 0 bridgehead atoms. The molecule has 24 heteroatoms. The van der Waals surface area contributed by atoms with Crippen molar-refractivity contribution >= 4 is 53.3 Å². The van der Waals surface area contributed by atoms with Crippen LogP contribution in [0.15, 0.2) is 4.99 Å². The molecule has 0 unspecified atom stereocenters. The van der Waals surface area contributed by atoms with Crippen molar-refractivity contribution in [2.45, 2.75) is 172 Å². The molecule has 7 amide bonds. The lowest BCUT2D eigenvalue weighted by Gasteiger charge is -2.29. The summed E-state index contributed by atoms with van der Waals surface area (Å²) in [6.45, 7) is 6.48. The van der Waals surface area contributed by atoms with Crippen molar-refractivity contribution in [2.24, 2.45) is 51.0 Å². The fourth-order valence-electron chi connectivity index (χ4n) is 7.51. The van der Waals surface area contributed by atoms with Crippen molar-refractivity contribution in [2.75, 3.05) is 39.3 Å². The molecule has 0 radical (unpaired) electrons. The number of guanidine groups is 1. The van der Waals surface area contributed by atoms with E-state index in [0.717, 1.165) is 0 Å². The summed E-state index contributed by atoms with van der Waals surface area (Å²) in [5, 5.41) is 25.9. The number of nitrogens with one attached hydrogen (secondary N) is 6. The molecule has 0 spiro atoms. The number of unbranched alkanes of at least 4 members (excludes halogenated alkanes) is 4. The summed E-state index contributed by atoms with van der Waals surface area (Å²) in [4.78, 5) is 114. The molecule has 1 aliphatic rings. The molecule has 384 valence electrons. The Kier molecular flexibility index (Phi) is 29.8. The molecule has 8 atom stereocenters. The Bertz CT molecular complexity index is 1600. The summed E-state index contributed by atoms with van der Waals surface area (Å²) in [7, 11) is 0. The highest BCUT2D eigenvalue weighted by Gasteiger charge is 2.38. The van der Waals surface area contributed by atoms with E-state index in [2.05, 4.69) is 36.9 Å². The molecule has 24 nitrogen and oxygen atoms in total. The number of amides is 7. The monoisotopic (exact) mass is 954 g/mol. The predicted molar refractivity (Wildman–Crippen MR) is 254 cm³/mol. The molecule has 1 heterocycles. The topological polar surface area (TPSA) is 427 Å². The summed E-state index contributed by atoms with van der Waals surface area (Å²) >= 11 is 0. The number of aliphatic carboxylic acids is 1. The van der Waals surface area contributed by atoms with Crippen LogP contribution >= 0.6 is 0 Å². The average Bonchev–Trinajstić information content (AvgIpc) is 3.77. The first-order valence-corrected chi connectivity index (χ1v) is 23.8. The van der Waals surface area contributed by atoms with Gasteiger partial charge in [-0.05, 0) is 142 Å². The molecule has 1 fully saturated rings. The fourth-order valence-corrected chi connectivity index (χ4v) is 7.51. The van der Waals surface area contributed by atoms with Gasteiger partial charge in [0, 0.05) is 13.1 Å². The lowest BCUT2D eigenvalue weighted by atomic mass is 10.0. The second-order valence-electron chi connectivity index (χ2n) is 17.4. The summed E-state index contributed by atoms with van der Waals surface area (Å²) in [6, 6.07) is -8.87. The van der Waals surface area contributed by atoms with Gasteiger partial charge in [-0.1, -0.05) is 13.8 Å². The van der Waals surface area contributed by atoms with Crippen LogP contribution in [0.5, 0.6) is 0 Å². The maximum Gasteiger partial charge on any atom is 0.326 e. The first kappa shape index (κ1) is 59.8. The molecule has 0 aromatic heterocycles. The second kappa shape index (κ2) is 33.3. The quantitative estimate of drug-likeness (QED) is 0.0167. The van der Waals surface area contributed by atoms with E-state index < -0.39 is 95.7 Å². The van der Waals surface area contributed by atoms with Crippen molar-refractivity contribution in [3.63, 3.8) is 0 Å². The Labute approximate surface area is 394 Å². The maximum atomic E-state index is 14.2. The van der Waals surface area contributed by atoms with Crippen molar-refractivity contribution in [3.05, 3.63) is 0 Å². The lowest BCUT2D eigenvalue weighted by molar-refractivity contribution is -0.143. The van der Waals surface area contributed by atoms with Gasteiger partial charge < -0.3 is 82.0 Å². The number of aliphatic imine (C=N–C) groups is 1. The van der Waals surface area contributed by atoms with Crippen LogP contribution < -0.4 is 72.0 Å². The molecule has 21 N–H and O–H groups in total. The van der Waals surface area contributed by atoms with E-state index in [1.54, 1.807) is 13.8 Å². The van der Waals surface area contributed by atoms with Crippen LogP contribution in [0.2, 0.25) is 0 Å². The predicted octanol–water partition coefficient (Wildman–Crippen LogP) is -3.46. The number of hydrogen-bond donors (Lipinski definition) is 14. The van der Waals surface area contributed by atoms with Crippen LogP contribution in [0.1, 0.15) is 124 Å². The van der Waals surface area contributed by atoms with E-state index in [4.69, 9.17) is 40.1 Å². The van der Waals surface area contributed by atoms with Crippen LogP contribution in [0.25, 0.3) is 0 Å². The minimum Gasteiger partial charge on any atom is -0.480 e. The standard InChI is InChI=1S/C43H83N15O9/c1-26(2)34(42(66)67)57-39(63)31(17-7-11-23-47)54-38(62)32(18-12-24-51-43(49)50)55-36(60)29(15-5-9-21-45)52-35(59)28(14-4-8-20-44)53-37(61)30(16-6-10-22-46)56-40(64)33-19-13-25-58(33)41(65)27(3)48/h26-34H,4-25,44-48H2,1-3H3,(H,52,59)(H,53,61)(H,54,62)(H,55,60)(H,56,64)(H,57,63)(H,66,67)(H4,49,50,51)/t27-,28-,29-,30-,31-,32-,33-,34-/m0/s1. The zero-order valence-electron chi connectivity index (χ0n) is 39.9. The van der Waals surface area contributed by atoms with Gasteiger partial charge >= 0.3 is 5.97 Å². The number of carboxylic acid groups (broad SMARTS) is 1. The number of nitrogens with zero attached hydrogens (tertiary/aromatic N) is 2. The summed E-state index contributed by atoms with van der Waals surface area (Å²) < 4.78 is 0. The number of rotatable bonds is 35. The third-order valence-electron chi connectivity index (χ3n) is 11.4. The number of likely N-dealkylation sites (tertiary alicyclic amines) is 1. The smallest absolute Gasteiger partial charge is 0.326 e. The second-order valence-corrected chi connectivity index (χ2v) is 17.4. The molecular formula is C43H83N15O9. The van der Waals surface area contributed by atoms with Gasteiger partial charge in [-0.15, -0.1) is 0 Å². The first-order chi connectivity index (χ1) is 31.8. The molecule has 1 rings (SSSR count). The highest BCUT2D eigenvalue weighted by molar-refractivity contribution is 5.97. The van der Waals surface area contributed by atoms with Crippen LogP contribution in [-0.4, -0.2) is 151 Å². The fraction of sp³-hybridized carbons (Fsp3) is 0.791. The Morgan fingerprint density at radius 3 is 1.25 bits per heavy atom. The molecule has 0 aliphatic carbocycles. The minimum atomic E-state index is -1.28. The van der Waals surface area contributed by atoms with E-state index in [1.807, 2.05) is 0 Å². The van der Waals surface area contributed by atoms with Gasteiger partial charge in [0.1, 0.15) is 42.3 Å². The van der Waals surface area contributed by atoms with Crippen LogP contribution in [0, 0.1) is 5.92 Å². The Hall–Kier alpha value is -5.17. The number of nitrogens with two attached hydrogens (primary N) is 7. The van der Waals surface area contributed by atoms with Gasteiger partial charge in [0.2, 0.25) is 41.4 Å². The first-order valence-electron chi connectivity index (χ1n) is 23.8. The van der Waals surface area contributed by atoms with Gasteiger partial charge in [-0.3, -0.25) is 38.6 Å². The molecule has 67 heavy (non-hydrogen) atoms. The van der Waals surface area contributed by atoms with E-state index >= 15 is 0 Å². The van der Waals surface area contributed by atoms with Crippen LogP contribution in [0.3, 0.4) is 0 Å². The lowest BCUT2D eigenvalue weighted by Crippen LogP contribution is -2.60. The van der Waals surface area contributed by atoms with Crippen LogP contribution in [-0.2, 0) is 38.4 Å². The minimum absolute atomic E-state index is 0.00817. The molecule has 0 aromatic carbocycles. The summed E-state index contributed by atoms with van der Waals surface area (Å²) in [5.74, 6) is -6.42. The number of carboxylic acids is 1. The third kappa shape index (κ3) is 22.9. The highest BCUT2D eigenvalue weighted by atomic mass is 16.4. The van der Waals surface area contributed by atoms with E-state index in [0.29, 0.717) is 96.9 Å². The third-order valence-corrected chi connectivity index (χ3v) is 11.4. The molecular weight excluding hydrogens is 871 g/mol. The van der Waals surface area contributed by atoms with Crippen molar-refractivity contribution < 1.29 is 43.5 Å². The number of carbonyl (C=O) groups is 8. The van der Waals surface area contributed by atoms with Gasteiger partial charge in [0.15, 0.2) is 5.96 Å². The van der Waals surface area contributed by atoms with Crippen molar-refractivity contribution in [3.8, 4) is 0 Å². The van der Waals surface area contributed by atoms with E-state index in [9.17, 15) is 43.5 Å². The van der Waals surface area contributed by atoms with E-state index in [1.165, 1.54) is 11.8 Å². The zero-order chi connectivity index (χ0) is 50.5. The maximum absolute atomic E-state index is 14.2. The van der Waals surface area contributed by atoms with Gasteiger partial charge in [-0.2, -0.15) is 0 Å². The Morgan fingerprint density at radius 1 is 0.567 bits per heavy atom. The van der Waals surface area contributed by atoms with E-state index in [-0.39, 0.29) is 56.9 Å². The zero-order valence-corrected chi connectivity index (χ0v) is 39.9. The molecule has 0 aromatic rings. The van der Waals surface area contributed by atoms with Gasteiger partial charge in [0.05, 0.1) is 6.04 Å². The molecule has 1 saturated heterocycles.